The third-order valence-electron chi connectivity index (χ3n) is 2.16. The van der Waals surface area contributed by atoms with Crippen LogP contribution in [0.15, 0.2) is 6.07 Å². The van der Waals surface area contributed by atoms with Crippen molar-refractivity contribution in [3.05, 3.63) is 17.7 Å². The average Bonchev–Trinajstić information content (AvgIpc) is 2.29. The summed E-state index contributed by atoms with van der Waals surface area (Å²) < 4.78 is 26.6. The standard InChI is InChI=1S/C10H15F2N5O/c1-3-14-8(18)5-17(2)10-7(12)4-6(11)9(15-10)16-13/h4H,3,5,13H2,1-2H3,(H,14,18)(H,15,16). The summed E-state index contributed by atoms with van der Waals surface area (Å²) in [7, 11) is 1.47. The fourth-order valence-electron chi connectivity index (χ4n) is 1.37. The second kappa shape index (κ2) is 6.10. The number of anilines is 2. The number of carbonyl (C=O) groups excluding carboxylic acids is 1. The van der Waals surface area contributed by atoms with Crippen LogP contribution in [0.1, 0.15) is 6.92 Å². The molecule has 1 aromatic rings. The van der Waals surface area contributed by atoms with Crippen molar-refractivity contribution in [3.8, 4) is 0 Å². The predicted octanol–water partition coefficient (Wildman–Crippen LogP) is 0.218. The number of nitrogens with one attached hydrogen (secondary N) is 2. The largest absolute Gasteiger partial charge is 0.355 e. The Bertz CT molecular complexity index is 441. The van der Waals surface area contributed by atoms with Gasteiger partial charge in [-0.1, -0.05) is 0 Å². The first kappa shape index (κ1) is 14.1. The van der Waals surface area contributed by atoms with Crippen LogP contribution in [0.5, 0.6) is 0 Å². The van der Waals surface area contributed by atoms with E-state index in [4.69, 9.17) is 5.84 Å². The van der Waals surface area contributed by atoms with Crippen LogP contribution in [0.3, 0.4) is 0 Å². The van der Waals surface area contributed by atoms with E-state index < -0.39 is 11.6 Å². The fraction of sp³-hybridized carbons (Fsp3) is 0.400. The Hall–Kier alpha value is -1.96. The molecule has 18 heavy (non-hydrogen) atoms. The summed E-state index contributed by atoms with van der Waals surface area (Å²) in [5.41, 5.74) is 2.02. The van der Waals surface area contributed by atoms with Crippen molar-refractivity contribution < 1.29 is 13.6 Å². The highest BCUT2D eigenvalue weighted by Crippen LogP contribution is 2.20. The van der Waals surface area contributed by atoms with Gasteiger partial charge in [-0.15, -0.1) is 0 Å². The van der Waals surface area contributed by atoms with Crippen molar-refractivity contribution in [1.82, 2.24) is 10.3 Å². The maximum atomic E-state index is 13.5. The topological polar surface area (TPSA) is 83.3 Å². The van der Waals surface area contributed by atoms with E-state index in [0.29, 0.717) is 12.6 Å². The zero-order valence-corrected chi connectivity index (χ0v) is 10.1. The van der Waals surface area contributed by atoms with E-state index >= 15 is 0 Å². The highest BCUT2D eigenvalue weighted by Gasteiger charge is 2.16. The maximum absolute atomic E-state index is 13.5. The number of pyridine rings is 1. The van der Waals surface area contributed by atoms with Crippen LogP contribution >= 0.6 is 0 Å². The number of aromatic nitrogens is 1. The molecule has 0 fully saturated rings. The van der Waals surface area contributed by atoms with Crippen LogP contribution in [-0.2, 0) is 4.79 Å². The predicted molar refractivity (Wildman–Crippen MR) is 63.9 cm³/mol. The number of hydrogen-bond donors (Lipinski definition) is 3. The molecule has 4 N–H and O–H groups in total. The molecular formula is C10H15F2N5O. The number of nitrogens with two attached hydrogens (primary N) is 1. The van der Waals surface area contributed by atoms with Gasteiger partial charge in [0.15, 0.2) is 23.3 Å². The lowest BCUT2D eigenvalue weighted by Crippen LogP contribution is -2.35. The number of hydrazine groups is 1. The van der Waals surface area contributed by atoms with Crippen molar-refractivity contribution in [2.75, 3.05) is 30.5 Å². The van der Waals surface area contributed by atoms with Gasteiger partial charge < -0.3 is 15.6 Å². The van der Waals surface area contributed by atoms with E-state index in [2.05, 4.69) is 10.3 Å². The number of likely N-dealkylation sites (N-methyl/N-ethyl adjacent to an activating group) is 2. The monoisotopic (exact) mass is 259 g/mol. The Morgan fingerprint density at radius 3 is 2.72 bits per heavy atom. The van der Waals surface area contributed by atoms with Crippen LogP contribution in [0.2, 0.25) is 0 Å². The lowest BCUT2D eigenvalue weighted by molar-refractivity contribution is -0.119. The molecule has 0 aliphatic rings. The number of amides is 1. The molecule has 0 aliphatic heterocycles. The zero-order valence-electron chi connectivity index (χ0n) is 10.1. The Morgan fingerprint density at radius 1 is 1.50 bits per heavy atom. The number of halogens is 2. The van der Waals surface area contributed by atoms with Crippen LogP contribution < -0.4 is 21.5 Å². The van der Waals surface area contributed by atoms with Gasteiger partial charge in [0.1, 0.15) is 0 Å². The van der Waals surface area contributed by atoms with E-state index in [1.807, 2.05) is 5.43 Å². The molecule has 6 nitrogen and oxygen atoms in total. The minimum Gasteiger partial charge on any atom is -0.355 e. The summed E-state index contributed by atoms with van der Waals surface area (Å²) in [5, 5.41) is 2.56. The first-order chi connectivity index (χ1) is 8.49. The summed E-state index contributed by atoms with van der Waals surface area (Å²) in [5.74, 6) is 2.56. The van der Waals surface area contributed by atoms with Gasteiger partial charge in [0, 0.05) is 19.7 Å². The van der Waals surface area contributed by atoms with Gasteiger partial charge in [-0.25, -0.2) is 19.6 Å². The van der Waals surface area contributed by atoms with Crippen LogP contribution in [-0.4, -0.2) is 31.0 Å². The highest BCUT2D eigenvalue weighted by atomic mass is 19.1. The number of rotatable bonds is 5. The van der Waals surface area contributed by atoms with Crippen LogP contribution in [0.25, 0.3) is 0 Å². The SMILES string of the molecule is CCNC(=O)CN(C)c1nc(NN)c(F)cc1F. The van der Waals surface area contributed by atoms with Gasteiger partial charge in [-0.3, -0.25) is 4.79 Å². The molecule has 0 atom stereocenters. The Morgan fingerprint density at radius 2 is 2.17 bits per heavy atom. The normalized spacial score (nSPS) is 10.1. The molecule has 8 heteroatoms. The maximum Gasteiger partial charge on any atom is 0.239 e. The third kappa shape index (κ3) is 3.27. The Kier molecular flexibility index (Phi) is 4.78. The number of nitrogen functional groups attached to an aromatic ring is 1. The molecule has 1 rings (SSSR count). The number of carbonyl (C=O) groups is 1. The quantitative estimate of drug-likeness (QED) is 0.520. The molecule has 1 amide bonds. The molecule has 0 unspecified atom stereocenters. The van der Waals surface area contributed by atoms with Gasteiger partial charge >= 0.3 is 0 Å². The first-order valence-electron chi connectivity index (χ1n) is 5.30. The summed E-state index contributed by atoms with van der Waals surface area (Å²) in [6.07, 6.45) is 0. The van der Waals surface area contributed by atoms with E-state index in [9.17, 15) is 13.6 Å². The third-order valence-corrected chi connectivity index (χ3v) is 2.16. The van der Waals surface area contributed by atoms with Crippen LogP contribution in [0, 0.1) is 11.6 Å². The van der Waals surface area contributed by atoms with Crippen molar-refractivity contribution in [1.29, 1.82) is 0 Å². The van der Waals surface area contributed by atoms with Crippen LogP contribution in [0.4, 0.5) is 20.4 Å². The molecule has 0 spiro atoms. The first-order valence-corrected chi connectivity index (χ1v) is 5.30. The van der Waals surface area contributed by atoms with E-state index in [-0.39, 0.29) is 24.1 Å². The Labute approximate surface area is 103 Å². The van der Waals surface area contributed by atoms with Crippen molar-refractivity contribution in [3.63, 3.8) is 0 Å². The number of nitrogens with zero attached hydrogens (tertiary/aromatic N) is 2. The lowest BCUT2D eigenvalue weighted by atomic mass is 10.3. The van der Waals surface area contributed by atoms with E-state index in [1.54, 1.807) is 6.92 Å². The van der Waals surface area contributed by atoms with Crippen molar-refractivity contribution in [2.24, 2.45) is 5.84 Å². The molecular weight excluding hydrogens is 244 g/mol. The summed E-state index contributed by atoms with van der Waals surface area (Å²) >= 11 is 0. The number of hydrogen-bond acceptors (Lipinski definition) is 5. The molecule has 1 aromatic heterocycles. The molecule has 100 valence electrons. The van der Waals surface area contributed by atoms with Crippen molar-refractivity contribution in [2.45, 2.75) is 6.92 Å². The zero-order chi connectivity index (χ0) is 13.7. The Balaban J connectivity index is 2.91. The van der Waals surface area contributed by atoms with Gasteiger partial charge in [-0.2, -0.15) is 0 Å². The smallest absolute Gasteiger partial charge is 0.239 e. The fourth-order valence-corrected chi connectivity index (χ4v) is 1.37. The second-order valence-corrected chi connectivity index (χ2v) is 3.58. The minimum atomic E-state index is -0.898. The highest BCUT2D eigenvalue weighted by molar-refractivity contribution is 5.80. The molecule has 0 saturated heterocycles. The molecule has 1 heterocycles. The summed E-state index contributed by atoms with van der Waals surface area (Å²) in [6, 6.07) is 0.658. The van der Waals surface area contributed by atoms with E-state index in [0.717, 1.165) is 0 Å². The second-order valence-electron chi connectivity index (χ2n) is 3.58. The average molecular weight is 259 g/mol. The van der Waals surface area contributed by atoms with E-state index in [1.165, 1.54) is 11.9 Å². The molecule has 0 aromatic carbocycles. The molecule has 0 bridgehead atoms. The van der Waals surface area contributed by atoms with Crippen molar-refractivity contribution >= 4 is 17.5 Å². The van der Waals surface area contributed by atoms with Gasteiger partial charge in [0.25, 0.3) is 0 Å². The molecule has 0 radical (unpaired) electrons. The summed E-state index contributed by atoms with van der Waals surface area (Å²) in [6.45, 7) is 2.15. The van der Waals surface area contributed by atoms with Gasteiger partial charge in [-0.05, 0) is 6.92 Å². The summed E-state index contributed by atoms with van der Waals surface area (Å²) in [4.78, 5) is 16.3. The lowest BCUT2D eigenvalue weighted by Gasteiger charge is -2.18. The minimum absolute atomic E-state index is 0.0899. The van der Waals surface area contributed by atoms with Gasteiger partial charge in [0.05, 0.1) is 6.54 Å². The van der Waals surface area contributed by atoms with Gasteiger partial charge in [0.2, 0.25) is 5.91 Å². The molecule has 0 saturated carbocycles. The molecule has 0 aliphatic carbocycles.